The van der Waals surface area contributed by atoms with Crippen molar-refractivity contribution < 1.29 is 5.11 Å². The maximum absolute atomic E-state index is 10.3. The SMILES string of the molecule is CN1[C@H]2CC[C@@H]1c1c(nc(N)c(C#N)c1-c1ccc(O)c3ccccc13)C2. The first-order valence-electron chi connectivity index (χ1n) is 9.25. The number of aromatic hydroxyl groups is 1. The average Bonchev–Trinajstić information content (AvgIpc) is 2.91. The number of hydrogen-bond donors (Lipinski definition) is 2. The third kappa shape index (κ3) is 2.17. The molecule has 1 saturated heterocycles. The van der Waals surface area contributed by atoms with Gasteiger partial charge in [-0.15, -0.1) is 0 Å². The molecule has 5 nitrogen and oxygen atoms in total. The highest BCUT2D eigenvalue weighted by atomic mass is 16.3. The molecule has 2 aliphatic rings. The lowest BCUT2D eigenvalue weighted by Crippen LogP contribution is -2.35. The topological polar surface area (TPSA) is 86.2 Å². The van der Waals surface area contributed by atoms with Crippen molar-refractivity contribution in [3.05, 3.63) is 53.2 Å². The second-order valence-corrected chi connectivity index (χ2v) is 7.51. The minimum atomic E-state index is 0.238. The molecule has 0 amide bonds. The first-order valence-corrected chi connectivity index (χ1v) is 9.25. The number of nitriles is 1. The normalized spacial score (nSPS) is 21.2. The lowest BCUT2D eigenvalue weighted by atomic mass is 9.85. The van der Waals surface area contributed by atoms with Gasteiger partial charge in [0.25, 0.3) is 0 Å². The molecule has 0 spiro atoms. The monoisotopic (exact) mass is 356 g/mol. The lowest BCUT2D eigenvalue weighted by Gasteiger charge is -2.34. The number of nitrogens with two attached hydrogens (primary N) is 1. The zero-order valence-electron chi connectivity index (χ0n) is 15.1. The highest BCUT2D eigenvalue weighted by Crippen LogP contribution is 2.49. The van der Waals surface area contributed by atoms with E-state index >= 15 is 0 Å². The van der Waals surface area contributed by atoms with Crippen LogP contribution in [-0.4, -0.2) is 28.1 Å². The summed E-state index contributed by atoms with van der Waals surface area (Å²) in [4.78, 5) is 7.03. The van der Waals surface area contributed by atoms with Crippen LogP contribution in [-0.2, 0) is 6.42 Å². The van der Waals surface area contributed by atoms with E-state index in [-0.39, 0.29) is 11.8 Å². The quantitative estimate of drug-likeness (QED) is 0.693. The van der Waals surface area contributed by atoms with Crippen LogP contribution in [0.4, 0.5) is 5.82 Å². The number of anilines is 1. The molecule has 2 atom stereocenters. The van der Waals surface area contributed by atoms with Gasteiger partial charge < -0.3 is 10.8 Å². The van der Waals surface area contributed by atoms with E-state index in [1.54, 1.807) is 6.07 Å². The van der Waals surface area contributed by atoms with Crippen LogP contribution in [0.2, 0.25) is 0 Å². The maximum Gasteiger partial charge on any atom is 0.142 e. The standard InChI is InChI=1S/C22H20N4O/c1-26-12-6-8-18(26)21-17(10-12)25-22(24)16(11-23)20(21)15-7-9-19(27)14-5-3-2-4-13(14)15/h2-5,7,9,12,18,27H,6,8,10H2,1H3,(H2,24,25)/t12-,18+/m0/s1. The Bertz CT molecular complexity index is 1130. The fourth-order valence-electron chi connectivity index (χ4n) is 4.91. The molecule has 27 heavy (non-hydrogen) atoms. The van der Waals surface area contributed by atoms with E-state index in [1.165, 1.54) is 0 Å². The van der Waals surface area contributed by atoms with E-state index in [0.717, 1.165) is 52.4 Å². The molecule has 0 unspecified atom stereocenters. The van der Waals surface area contributed by atoms with Gasteiger partial charge in [0, 0.05) is 40.7 Å². The van der Waals surface area contributed by atoms with Gasteiger partial charge in [-0.25, -0.2) is 4.98 Å². The molecule has 3 aromatic rings. The predicted molar refractivity (Wildman–Crippen MR) is 105 cm³/mol. The van der Waals surface area contributed by atoms with Crippen LogP contribution in [0, 0.1) is 11.3 Å². The van der Waals surface area contributed by atoms with Gasteiger partial charge in [-0.3, -0.25) is 4.90 Å². The summed E-state index contributed by atoms with van der Waals surface area (Å²) < 4.78 is 0. The second-order valence-electron chi connectivity index (χ2n) is 7.51. The van der Waals surface area contributed by atoms with Crippen LogP contribution in [0.5, 0.6) is 5.75 Å². The molecule has 2 aromatic carbocycles. The smallest absolute Gasteiger partial charge is 0.142 e. The third-order valence-electron chi connectivity index (χ3n) is 6.23. The van der Waals surface area contributed by atoms with Gasteiger partial charge in [0.05, 0.1) is 0 Å². The molecule has 3 N–H and O–H groups in total. The Hall–Kier alpha value is -3.10. The molecule has 0 radical (unpaired) electrons. The molecular weight excluding hydrogens is 336 g/mol. The average molecular weight is 356 g/mol. The summed E-state index contributed by atoms with van der Waals surface area (Å²) in [5.74, 6) is 0.536. The van der Waals surface area contributed by atoms with Crippen molar-refractivity contribution in [3.8, 4) is 22.9 Å². The Morgan fingerprint density at radius 1 is 1.19 bits per heavy atom. The van der Waals surface area contributed by atoms with E-state index in [0.29, 0.717) is 17.4 Å². The van der Waals surface area contributed by atoms with Crippen LogP contribution in [0.15, 0.2) is 36.4 Å². The van der Waals surface area contributed by atoms with E-state index < -0.39 is 0 Å². The molecule has 1 aromatic heterocycles. The number of pyridine rings is 1. The first kappa shape index (κ1) is 16.1. The van der Waals surface area contributed by atoms with E-state index in [1.807, 2.05) is 30.3 Å². The third-order valence-corrected chi connectivity index (χ3v) is 6.23. The number of hydrogen-bond acceptors (Lipinski definition) is 5. The van der Waals surface area contributed by atoms with Gasteiger partial charge >= 0.3 is 0 Å². The number of aromatic nitrogens is 1. The van der Waals surface area contributed by atoms with Crippen LogP contribution in [0.3, 0.4) is 0 Å². The number of fused-ring (bicyclic) bond motifs is 5. The van der Waals surface area contributed by atoms with Crippen molar-refractivity contribution in [2.75, 3.05) is 12.8 Å². The Morgan fingerprint density at radius 3 is 2.74 bits per heavy atom. The highest BCUT2D eigenvalue weighted by Gasteiger charge is 2.41. The Kier molecular flexibility index (Phi) is 3.40. The summed E-state index contributed by atoms with van der Waals surface area (Å²) in [6.45, 7) is 0. The maximum atomic E-state index is 10.3. The summed E-state index contributed by atoms with van der Waals surface area (Å²) >= 11 is 0. The molecule has 1 fully saturated rings. The van der Waals surface area contributed by atoms with Crippen molar-refractivity contribution in [2.24, 2.45) is 0 Å². The molecule has 3 heterocycles. The minimum Gasteiger partial charge on any atom is -0.507 e. The highest BCUT2D eigenvalue weighted by molar-refractivity contribution is 6.02. The van der Waals surface area contributed by atoms with Crippen molar-refractivity contribution in [1.82, 2.24) is 9.88 Å². The molecule has 2 aliphatic heterocycles. The van der Waals surface area contributed by atoms with Gasteiger partial charge in [-0.2, -0.15) is 5.26 Å². The number of phenols is 1. The van der Waals surface area contributed by atoms with Crippen LogP contribution in [0.25, 0.3) is 21.9 Å². The molecular formula is C22H20N4O. The predicted octanol–water partition coefficient (Wildman–Crippen LogP) is 3.75. The van der Waals surface area contributed by atoms with Crippen molar-refractivity contribution in [2.45, 2.75) is 31.3 Å². The molecule has 5 heteroatoms. The second kappa shape index (κ2) is 5.70. The molecule has 0 aliphatic carbocycles. The van der Waals surface area contributed by atoms with E-state index in [4.69, 9.17) is 5.73 Å². The summed E-state index contributed by atoms with van der Waals surface area (Å²) in [6.07, 6.45) is 3.06. The molecule has 134 valence electrons. The summed E-state index contributed by atoms with van der Waals surface area (Å²) in [6, 6.07) is 14.4. The molecule has 0 saturated carbocycles. The number of rotatable bonds is 1. The van der Waals surface area contributed by atoms with Crippen LogP contribution in [0.1, 0.15) is 35.7 Å². The fraction of sp³-hybridized carbons (Fsp3) is 0.273. The number of nitrogens with zero attached hydrogens (tertiary/aromatic N) is 3. The summed E-state index contributed by atoms with van der Waals surface area (Å²) in [5, 5.41) is 21.9. The summed E-state index contributed by atoms with van der Waals surface area (Å²) in [7, 11) is 2.16. The zero-order valence-corrected chi connectivity index (χ0v) is 15.1. The largest absolute Gasteiger partial charge is 0.507 e. The number of benzene rings is 2. The minimum absolute atomic E-state index is 0.238. The van der Waals surface area contributed by atoms with Crippen molar-refractivity contribution >= 4 is 16.6 Å². The first-order chi connectivity index (χ1) is 13.1. The lowest BCUT2D eigenvalue weighted by molar-refractivity contribution is 0.222. The fourth-order valence-corrected chi connectivity index (χ4v) is 4.91. The zero-order chi connectivity index (χ0) is 18.7. The van der Waals surface area contributed by atoms with Gasteiger partial charge in [-0.05, 0) is 43.0 Å². The Labute approximate surface area is 157 Å². The van der Waals surface area contributed by atoms with Crippen molar-refractivity contribution in [1.29, 1.82) is 5.26 Å². The van der Waals surface area contributed by atoms with Gasteiger partial charge in [0.15, 0.2) is 0 Å². The van der Waals surface area contributed by atoms with Crippen LogP contribution < -0.4 is 5.73 Å². The summed E-state index contributed by atoms with van der Waals surface area (Å²) in [5.41, 5.74) is 10.6. The van der Waals surface area contributed by atoms with Gasteiger partial charge in [-0.1, -0.05) is 24.3 Å². The van der Waals surface area contributed by atoms with Crippen molar-refractivity contribution in [3.63, 3.8) is 0 Å². The number of nitrogen functional groups attached to an aromatic ring is 1. The van der Waals surface area contributed by atoms with Gasteiger partial charge in [0.2, 0.25) is 0 Å². The number of phenolic OH excluding ortho intramolecular Hbond substituents is 1. The van der Waals surface area contributed by atoms with E-state index in [2.05, 4.69) is 23.0 Å². The Balaban J connectivity index is 1.91. The number of likely N-dealkylation sites (N-methyl/N-ethyl adjacent to an activating group) is 1. The molecule has 5 rings (SSSR count). The van der Waals surface area contributed by atoms with Gasteiger partial charge in [0.1, 0.15) is 23.2 Å². The Morgan fingerprint density at radius 2 is 1.96 bits per heavy atom. The molecule has 2 bridgehead atoms. The van der Waals surface area contributed by atoms with Crippen LogP contribution >= 0.6 is 0 Å². The van der Waals surface area contributed by atoms with E-state index in [9.17, 15) is 10.4 Å².